The predicted octanol–water partition coefficient (Wildman–Crippen LogP) is 1.86. The maximum atomic E-state index is 12.7. The molecule has 26 heavy (non-hydrogen) atoms. The molecule has 0 aliphatic carbocycles. The molecule has 1 N–H and O–H groups in total. The molecule has 0 aromatic heterocycles. The molecule has 8 nitrogen and oxygen atoms in total. The number of likely N-dealkylation sites (tertiary alicyclic amines) is 1. The van der Waals surface area contributed by atoms with Crippen LogP contribution in [0.1, 0.15) is 54.4 Å². The second-order valence-electron chi connectivity index (χ2n) is 7.37. The van der Waals surface area contributed by atoms with Gasteiger partial charge in [0.05, 0.1) is 13.2 Å². The first kappa shape index (κ1) is 22.2. The molecule has 0 saturated carbocycles. The number of carbonyl (C=O) groups is 3. The van der Waals surface area contributed by atoms with Crippen LogP contribution in [0, 0.1) is 0 Å². The minimum absolute atomic E-state index is 0.0872. The second-order valence-corrected chi connectivity index (χ2v) is 7.37. The van der Waals surface area contributed by atoms with Crippen LogP contribution in [0.2, 0.25) is 0 Å². The van der Waals surface area contributed by atoms with Crippen molar-refractivity contribution in [3.63, 3.8) is 0 Å². The van der Waals surface area contributed by atoms with Gasteiger partial charge in [0.2, 0.25) is 0 Å². The van der Waals surface area contributed by atoms with Gasteiger partial charge in [-0.25, -0.2) is 9.59 Å². The summed E-state index contributed by atoms with van der Waals surface area (Å²) >= 11 is 0. The van der Waals surface area contributed by atoms with Crippen molar-refractivity contribution in [2.24, 2.45) is 0 Å². The summed E-state index contributed by atoms with van der Waals surface area (Å²) in [5.74, 6) is -0.975. The van der Waals surface area contributed by atoms with Crippen molar-refractivity contribution in [2.75, 3.05) is 26.3 Å². The number of esters is 2. The highest BCUT2D eigenvalue weighted by Gasteiger charge is 2.54. The Hall–Kier alpha value is -1.83. The maximum absolute atomic E-state index is 12.7. The number of amides is 1. The van der Waals surface area contributed by atoms with Crippen LogP contribution < -0.4 is 5.32 Å². The second kappa shape index (κ2) is 9.21. The zero-order valence-electron chi connectivity index (χ0n) is 16.7. The first-order valence-electron chi connectivity index (χ1n) is 9.17. The van der Waals surface area contributed by atoms with E-state index < -0.39 is 35.2 Å². The molecular formula is C18H32N2O6. The average molecular weight is 372 g/mol. The van der Waals surface area contributed by atoms with E-state index >= 15 is 0 Å². The average Bonchev–Trinajstić information content (AvgIpc) is 2.86. The Morgan fingerprint density at radius 3 is 2.23 bits per heavy atom. The molecule has 1 fully saturated rings. The van der Waals surface area contributed by atoms with Crippen LogP contribution in [0.15, 0.2) is 0 Å². The molecule has 1 amide bonds. The lowest BCUT2D eigenvalue weighted by Gasteiger charge is -2.29. The zero-order chi connectivity index (χ0) is 20.0. The molecule has 1 rings (SSSR count). The Morgan fingerprint density at radius 1 is 1.12 bits per heavy atom. The fourth-order valence-corrected chi connectivity index (χ4v) is 3.03. The smallest absolute Gasteiger partial charge is 0.408 e. The number of nitrogens with one attached hydrogen (secondary N) is 1. The van der Waals surface area contributed by atoms with E-state index in [2.05, 4.69) is 5.32 Å². The molecule has 1 heterocycles. The zero-order valence-corrected chi connectivity index (χ0v) is 16.7. The Balaban J connectivity index is 3.10. The number of hydrogen-bond acceptors (Lipinski definition) is 7. The molecule has 2 atom stereocenters. The van der Waals surface area contributed by atoms with Gasteiger partial charge in [-0.1, -0.05) is 6.92 Å². The van der Waals surface area contributed by atoms with Gasteiger partial charge < -0.3 is 19.5 Å². The molecule has 0 aromatic carbocycles. The fraction of sp³-hybridized carbons (Fsp3) is 0.833. The highest BCUT2D eigenvalue weighted by Crippen LogP contribution is 2.30. The molecule has 0 aromatic rings. The van der Waals surface area contributed by atoms with Gasteiger partial charge in [-0.3, -0.25) is 9.69 Å². The van der Waals surface area contributed by atoms with Crippen molar-refractivity contribution < 1.29 is 28.6 Å². The van der Waals surface area contributed by atoms with E-state index in [1.807, 2.05) is 11.8 Å². The summed E-state index contributed by atoms with van der Waals surface area (Å²) in [6.45, 7) is 11.8. The third kappa shape index (κ3) is 5.86. The van der Waals surface area contributed by atoms with Gasteiger partial charge in [0.25, 0.3) is 0 Å². The minimum Gasteiger partial charge on any atom is -0.465 e. The topological polar surface area (TPSA) is 94.2 Å². The number of ether oxygens (including phenoxy) is 3. The molecule has 0 spiro atoms. The van der Waals surface area contributed by atoms with E-state index in [1.54, 1.807) is 34.6 Å². The summed E-state index contributed by atoms with van der Waals surface area (Å²) in [7, 11) is 0. The Kier molecular flexibility index (Phi) is 7.87. The van der Waals surface area contributed by atoms with Crippen LogP contribution in [0.3, 0.4) is 0 Å². The van der Waals surface area contributed by atoms with E-state index in [1.165, 1.54) is 0 Å². The van der Waals surface area contributed by atoms with Crippen LogP contribution >= 0.6 is 0 Å². The van der Waals surface area contributed by atoms with Crippen molar-refractivity contribution >= 4 is 18.0 Å². The predicted molar refractivity (Wildman–Crippen MR) is 95.6 cm³/mol. The Labute approximate surface area is 155 Å². The molecule has 150 valence electrons. The summed E-state index contributed by atoms with van der Waals surface area (Å²) in [4.78, 5) is 39.2. The standard InChI is InChI=1S/C18H32N2O6/c1-7-10-20-12-18(15(22)25-9-3,11-13(20)14(21)24-8-2)19-16(23)26-17(4,5)6/h13H,7-12H2,1-6H3,(H,19,23). The van der Waals surface area contributed by atoms with Crippen LogP contribution in [0.4, 0.5) is 4.79 Å². The summed E-state index contributed by atoms with van der Waals surface area (Å²) < 4.78 is 15.6. The fourth-order valence-electron chi connectivity index (χ4n) is 3.03. The van der Waals surface area contributed by atoms with Crippen LogP contribution in [0.5, 0.6) is 0 Å². The number of nitrogens with zero attached hydrogens (tertiary/aromatic N) is 1. The molecule has 1 aliphatic rings. The summed E-state index contributed by atoms with van der Waals surface area (Å²) in [5.41, 5.74) is -2.05. The van der Waals surface area contributed by atoms with Gasteiger partial charge in [-0.2, -0.15) is 0 Å². The van der Waals surface area contributed by atoms with Gasteiger partial charge in [0.15, 0.2) is 5.54 Å². The van der Waals surface area contributed by atoms with E-state index in [-0.39, 0.29) is 26.2 Å². The van der Waals surface area contributed by atoms with E-state index in [9.17, 15) is 14.4 Å². The lowest BCUT2D eigenvalue weighted by Crippen LogP contribution is -2.58. The highest BCUT2D eigenvalue weighted by molar-refractivity contribution is 5.89. The lowest BCUT2D eigenvalue weighted by molar-refractivity contribution is -0.150. The number of alkyl carbamates (subject to hydrolysis) is 1. The molecule has 1 aliphatic heterocycles. The quantitative estimate of drug-likeness (QED) is 0.538. The van der Waals surface area contributed by atoms with Crippen molar-refractivity contribution in [3.05, 3.63) is 0 Å². The number of carbonyl (C=O) groups excluding carboxylic acids is 3. The first-order valence-corrected chi connectivity index (χ1v) is 9.17. The van der Waals surface area contributed by atoms with Gasteiger partial charge in [0, 0.05) is 13.0 Å². The summed E-state index contributed by atoms with van der Waals surface area (Å²) in [6, 6.07) is -0.616. The molecule has 8 heteroatoms. The molecule has 0 bridgehead atoms. The van der Waals surface area contributed by atoms with Crippen molar-refractivity contribution in [2.45, 2.75) is 71.6 Å². The van der Waals surface area contributed by atoms with Crippen LogP contribution in [0.25, 0.3) is 0 Å². The SMILES string of the molecule is CCCN1CC(NC(=O)OC(C)(C)C)(C(=O)OCC)CC1C(=O)OCC. The van der Waals surface area contributed by atoms with Crippen molar-refractivity contribution in [1.82, 2.24) is 10.2 Å². The number of rotatable bonds is 7. The summed E-state index contributed by atoms with van der Waals surface area (Å²) in [5, 5.41) is 2.66. The van der Waals surface area contributed by atoms with Crippen LogP contribution in [-0.2, 0) is 23.8 Å². The third-order valence-electron chi connectivity index (χ3n) is 3.93. The normalized spacial score (nSPS) is 23.4. The first-order chi connectivity index (χ1) is 12.1. The van der Waals surface area contributed by atoms with Gasteiger partial charge in [-0.05, 0) is 47.6 Å². The highest BCUT2D eigenvalue weighted by atomic mass is 16.6. The van der Waals surface area contributed by atoms with E-state index in [4.69, 9.17) is 14.2 Å². The molecule has 0 radical (unpaired) electrons. The molecule has 1 saturated heterocycles. The molecular weight excluding hydrogens is 340 g/mol. The minimum atomic E-state index is -1.34. The van der Waals surface area contributed by atoms with E-state index in [0.717, 1.165) is 6.42 Å². The largest absolute Gasteiger partial charge is 0.465 e. The van der Waals surface area contributed by atoms with Gasteiger partial charge >= 0.3 is 18.0 Å². The Bertz CT molecular complexity index is 516. The van der Waals surface area contributed by atoms with Gasteiger partial charge in [-0.15, -0.1) is 0 Å². The van der Waals surface area contributed by atoms with Crippen LogP contribution in [-0.4, -0.2) is 66.4 Å². The maximum Gasteiger partial charge on any atom is 0.408 e. The summed E-state index contributed by atoms with van der Waals surface area (Å²) in [6.07, 6.45) is 0.164. The van der Waals surface area contributed by atoms with Crippen molar-refractivity contribution in [1.29, 1.82) is 0 Å². The van der Waals surface area contributed by atoms with Crippen molar-refractivity contribution in [3.8, 4) is 0 Å². The monoisotopic (exact) mass is 372 g/mol. The Morgan fingerprint density at radius 2 is 1.73 bits per heavy atom. The number of hydrogen-bond donors (Lipinski definition) is 1. The third-order valence-corrected chi connectivity index (χ3v) is 3.93. The van der Waals surface area contributed by atoms with E-state index in [0.29, 0.717) is 6.54 Å². The lowest BCUT2D eigenvalue weighted by atomic mass is 9.96. The van der Waals surface area contributed by atoms with Gasteiger partial charge in [0.1, 0.15) is 11.6 Å². The molecule has 2 unspecified atom stereocenters.